The van der Waals surface area contributed by atoms with Crippen LogP contribution in [0.1, 0.15) is 57.6 Å². The molecule has 2 aromatic carbocycles. The summed E-state index contributed by atoms with van der Waals surface area (Å²) in [4.78, 5) is 2.67. The summed E-state index contributed by atoms with van der Waals surface area (Å²) in [6.07, 6.45) is 2.27. The van der Waals surface area contributed by atoms with Crippen LogP contribution in [-0.4, -0.2) is 16.0 Å². The highest BCUT2D eigenvalue weighted by molar-refractivity contribution is 5.49. The topological polar surface area (TPSA) is 29.3 Å². The number of hydrogen-bond acceptors (Lipinski definition) is 2. The molecule has 0 aliphatic carbocycles. The monoisotopic (exact) mass is 322 g/mol. The average Bonchev–Trinajstić information content (AvgIpc) is 2.51. The molecule has 2 N–H and O–H groups in total. The molecule has 0 aromatic heterocycles. The van der Waals surface area contributed by atoms with E-state index in [1.54, 1.807) is 0 Å². The number of nitrogen functional groups attached to an aromatic ring is 1. The molecule has 0 spiro atoms. The van der Waals surface area contributed by atoms with E-state index in [9.17, 15) is 0 Å². The van der Waals surface area contributed by atoms with Gasteiger partial charge in [0.25, 0.3) is 0 Å². The number of para-hydroxylation sites is 1. The van der Waals surface area contributed by atoms with Crippen molar-refractivity contribution in [3.63, 3.8) is 0 Å². The molecule has 0 bridgehead atoms. The molecule has 0 amide bonds. The Kier molecular flexibility index (Phi) is 4.44. The lowest BCUT2D eigenvalue weighted by molar-refractivity contribution is -0.0432. The number of nitrogens with two attached hydrogens (primary N) is 1. The van der Waals surface area contributed by atoms with Gasteiger partial charge in [-0.3, -0.25) is 4.90 Å². The zero-order valence-corrected chi connectivity index (χ0v) is 15.4. The summed E-state index contributed by atoms with van der Waals surface area (Å²) < 4.78 is 0. The van der Waals surface area contributed by atoms with Crippen molar-refractivity contribution in [2.75, 3.05) is 5.73 Å². The third-order valence-corrected chi connectivity index (χ3v) is 5.57. The minimum atomic E-state index is 0.130. The van der Waals surface area contributed by atoms with Crippen LogP contribution in [0.5, 0.6) is 0 Å². The van der Waals surface area contributed by atoms with Crippen LogP contribution in [0.15, 0.2) is 54.6 Å². The Morgan fingerprint density at radius 2 is 1.42 bits per heavy atom. The fourth-order valence-electron chi connectivity index (χ4n) is 4.61. The van der Waals surface area contributed by atoms with E-state index >= 15 is 0 Å². The molecule has 1 heterocycles. The molecule has 1 fully saturated rings. The predicted molar refractivity (Wildman–Crippen MR) is 103 cm³/mol. The van der Waals surface area contributed by atoms with E-state index in [1.165, 1.54) is 11.1 Å². The zero-order chi connectivity index (χ0) is 17.4. The van der Waals surface area contributed by atoms with Crippen molar-refractivity contribution < 1.29 is 0 Å². The Morgan fingerprint density at radius 3 is 2.00 bits per heavy atom. The summed E-state index contributed by atoms with van der Waals surface area (Å²) in [5.74, 6) is 0.517. The summed E-state index contributed by atoms with van der Waals surface area (Å²) in [6.45, 7) is 10.5. The third kappa shape index (κ3) is 3.34. The minimum Gasteiger partial charge on any atom is -0.398 e. The second-order valence-electron chi connectivity index (χ2n) is 8.43. The molecule has 1 aliphatic rings. The van der Waals surface area contributed by atoms with Gasteiger partial charge in [0, 0.05) is 23.3 Å². The van der Waals surface area contributed by atoms with Crippen LogP contribution in [-0.2, 0) is 6.54 Å². The van der Waals surface area contributed by atoms with E-state index in [0.717, 1.165) is 25.1 Å². The molecule has 0 saturated carbocycles. The van der Waals surface area contributed by atoms with E-state index in [2.05, 4.69) is 75.1 Å². The van der Waals surface area contributed by atoms with Gasteiger partial charge >= 0.3 is 0 Å². The quantitative estimate of drug-likeness (QED) is 0.786. The van der Waals surface area contributed by atoms with E-state index < -0.39 is 0 Å². The first kappa shape index (κ1) is 17.0. The van der Waals surface area contributed by atoms with Crippen LogP contribution >= 0.6 is 0 Å². The van der Waals surface area contributed by atoms with Crippen LogP contribution in [0.2, 0.25) is 0 Å². The maximum Gasteiger partial charge on any atom is 0.0349 e. The first-order chi connectivity index (χ1) is 11.3. The lowest BCUT2D eigenvalue weighted by Gasteiger charge is -2.55. The summed E-state index contributed by atoms with van der Waals surface area (Å²) in [5, 5.41) is 0. The molecule has 24 heavy (non-hydrogen) atoms. The highest BCUT2D eigenvalue weighted by Gasteiger charge is 2.45. The molecule has 2 heteroatoms. The van der Waals surface area contributed by atoms with Gasteiger partial charge in [0.1, 0.15) is 0 Å². The fraction of sp³-hybridized carbons (Fsp3) is 0.455. The standard InChI is InChI=1S/C22H30N2/c1-21(2)14-18(19-12-8-9-13-20(19)23)15-22(3,4)24(21)16-17-10-6-5-7-11-17/h5-13,18H,14-16,23H2,1-4H3. The SMILES string of the molecule is CC1(C)CC(c2ccccc2N)CC(C)(C)N1Cc1ccccc1. The molecule has 1 aliphatic heterocycles. The Labute approximate surface area is 146 Å². The molecule has 2 nitrogen and oxygen atoms in total. The molecule has 3 rings (SSSR count). The molecular formula is C22H30N2. The molecule has 0 unspecified atom stereocenters. The highest BCUT2D eigenvalue weighted by atomic mass is 15.3. The van der Waals surface area contributed by atoms with Gasteiger partial charge in [-0.25, -0.2) is 0 Å². The maximum atomic E-state index is 6.27. The molecule has 0 atom stereocenters. The lowest BCUT2D eigenvalue weighted by atomic mass is 9.71. The van der Waals surface area contributed by atoms with Crippen LogP contribution in [0, 0.1) is 0 Å². The smallest absolute Gasteiger partial charge is 0.0349 e. The zero-order valence-electron chi connectivity index (χ0n) is 15.4. The van der Waals surface area contributed by atoms with Gasteiger partial charge in [-0.15, -0.1) is 0 Å². The first-order valence-corrected chi connectivity index (χ1v) is 8.96. The number of likely N-dealkylation sites (tertiary alicyclic amines) is 1. The van der Waals surface area contributed by atoms with Gasteiger partial charge in [0.05, 0.1) is 0 Å². The minimum absolute atomic E-state index is 0.130. The summed E-state index contributed by atoms with van der Waals surface area (Å²) in [6, 6.07) is 19.2. The highest BCUT2D eigenvalue weighted by Crippen LogP contribution is 2.47. The number of rotatable bonds is 3. The van der Waals surface area contributed by atoms with Gasteiger partial charge in [0.15, 0.2) is 0 Å². The van der Waals surface area contributed by atoms with Gasteiger partial charge < -0.3 is 5.73 Å². The number of hydrogen-bond donors (Lipinski definition) is 1. The molecular weight excluding hydrogens is 292 g/mol. The van der Waals surface area contributed by atoms with Crippen molar-refractivity contribution in [2.24, 2.45) is 0 Å². The Hall–Kier alpha value is -1.80. The summed E-state index contributed by atoms with van der Waals surface area (Å²) in [5.41, 5.74) is 10.2. The Balaban J connectivity index is 1.88. The van der Waals surface area contributed by atoms with Crippen LogP contribution in [0.25, 0.3) is 0 Å². The second kappa shape index (κ2) is 6.25. The first-order valence-electron chi connectivity index (χ1n) is 8.96. The summed E-state index contributed by atoms with van der Waals surface area (Å²) >= 11 is 0. The van der Waals surface area contributed by atoms with E-state index in [4.69, 9.17) is 5.73 Å². The lowest BCUT2D eigenvalue weighted by Crippen LogP contribution is -2.59. The summed E-state index contributed by atoms with van der Waals surface area (Å²) in [7, 11) is 0. The maximum absolute atomic E-state index is 6.27. The molecule has 2 aromatic rings. The largest absolute Gasteiger partial charge is 0.398 e. The van der Waals surface area contributed by atoms with E-state index in [1.807, 2.05) is 12.1 Å². The van der Waals surface area contributed by atoms with Gasteiger partial charge in [-0.05, 0) is 63.6 Å². The average molecular weight is 322 g/mol. The van der Waals surface area contributed by atoms with Crippen molar-refractivity contribution in [3.8, 4) is 0 Å². The van der Waals surface area contributed by atoms with Crippen molar-refractivity contribution >= 4 is 5.69 Å². The van der Waals surface area contributed by atoms with Crippen molar-refractivity contribution in [3.05, 3.63) is 65.7 Å². The number of anilines is 1. The van der Waals surface area contributed by atoms with E-state index in [0.29, 0.717) is 5.92 Å². The molecule has 128 valence electrons. The molecule has 0 radical (unpaired) electrons. The van der Waals surface area contributed by atoms with Crippen molar-refractivity contribution in [1.82, 2.24) is 4.90 Å². The van der Waals surface area contributed by atoms with Crippen LogP contribution in [0.3, 0.4) is 0 Å². The predicted octanol–water partition coefficient (Wildman–Crippen LogP) is 5.21. The van der Waals surface area contributed by atoms with Crippen molar-refractivity contribution in [2.45, 2.75) is 64.1 Å². The number of benzene rings is 2. The van der Waals surface area contributed by atoms with Crippen LogP contribution in [0.4, 0.5) is 5.69 Å². The van der Waals surface area contributed by atoms with Gasteiger partial charge in [0.2, 0.25) is 0 Å². The van der Waals surface area contributed by atoms with Gasteiger partial charge in [-0.2, -0.15) is 0 Å². The number of nitrogens with zero attached hydrogens (tertiary/aromatic N) is 1. The second-order valence-corrected chi connectivity index (χ2v) is 8.43. The normalized spacial score (nSPS) is 20.8. The van der Waals surface area contributed by atoms with E-state index in [-0.39, 0.29) is 11.1 Å². The fourth-order valence-corrected chi connectivity index (χ4v) is 4.61. The number of piperidine rings is 1. The van der Waals surface area contributed by atoms with Gasteiger partial charge in [-0.1, -0.05) is 48.5 Å². The van der Waals surface area contributed by atoms with Crippen molar-refractivity contribution in [1.29, 1.82) is 0 Å². The van der Waals surface area contributed by atoms with Crippen LogP contribution < -0.4 is 5.73 Å². The molecule has 1 saturated heterocycles. The Morgan fingerprint density at radius 1 is 0.875 bits per heavy atom. The Bertz CT molecular complexity index is 670. The third-order valence-electron chi connectivity index (χ3n) is 5.57.